The molecule has 0 amide bonds. The van der Waals surface area contributed by atoms with E-state index >= 15 is 0 Å². The Kier molecular flexibility index (Phi) is 5.29. The molecule has 7 nitrogen and oxygen atoms in total. The molecule has 0 spiro atoms. The van der Waals surface area contributed by atoms with E-state index in [1.807, 2.05) is 11.8 Å². The van der Waals surface area contributed by atoms with Crippen molar-refractivity contribution >= 4 is 33.4 Å². The molecule has 2 saturated heterocycles. The van der Waals surface area contributed by atoms with Crippen LogP contribution in [-0.4, -0.2) is 40.5 Å². The molecule has 1 aromatic carbocycles. The van der Waals surface area contributed by atoms with Gasteiger partial charge in [0.25, 0.3) is 0 Å². The summed E-state index contributed by atoms with van der Waals surface area (Å²) < 4.78 is 67.7. The largest absolute Gasteiger partial charge is 0.461 e. The van der Waals surface area contributed by atoms with Crippen molar-refractivity contribution in [3.63, 3.8) is 0 Å². The Morgan fingerprint density at radius 3 is 2.58 bits per heavy atom. The Labute approximate surface area is 203 Å². The zero-order valence-electron chi connectivity index (χ0n) is 19.6. The van der Waals surface area contributed by atoms with Crippen molar-refractivity contribution in [2.45, 2.75) is 51.0 Å². The molecular formula is C25H23F4N5O2. The first-order chi connectivity index (χ1) is 17.2. The predicted octanol–water partition coefficient (Wildman–Crippen LogP) is 5.78. The van der Waals surface area contributed by atoms with Gasteiger partial charge >= 0.3 is 6.18 Å². The van der Waals surface area contributed by atoms with E-state index in [0.717, 1.165) is 19.1 Å². The molecule has 2 unspecified atom stereocenters. The van der Waals surface area contributed by atoms with Gasteiger partial charge in [-0.15, -0.1) is 5.10 Å². The van der Waals surface area contributed by atoms with E-state index in [4.69, 9.17) is 9.15 Å². The van der Waals surface area contributed by atoms with E-state index < -0.39 is 23.7 Å². The van der Waals surface area contributed by atoms with Gasteiger partial charge in [0.1, 0.15) is 11.8 Å². The van der Waals surface area contributed by atoms with Crippen molar-refractivity contribution in [3.05, 3.63) is 53.3 Å². The number of fused-ring (bicyclic) bond motifs is 4. The monoisotopic (exact) mass is 501 g/mol. The van der Waals surface area contributed by atoms with Crippen molar-refractivity contribution in [2.24, 2.45) is 0 Å². The summed E-state index contributed by atoms with van der Waals surface area (Å²) in [4.78, 5) is 5.91. The lowest BCUT2D eigenvalue weighted by atomic mass is 10.1. The number of rotatable bonds is 4. The number of morpholine rings is 1. The molecule has 0 aliphatic carbocycles. The fourth-order valence-electron chi connectivity index (χ4n) is 5.39. The normalized spacial score (nSPS) is 20.9. The third-order valence-corrected chi connectivity index (χ3v) is 7.09. The highest BCUT2D eigenvalue weighted by atomic mass is 19.4. The Bertz CT molecular complexity index is 1450. The molecule has 0 saturated carbocycles. The highest BCUT2D eigenvalue weighted by molar-refractivity contribution is 5.93. The minimum absolute atomic E-state index is 0.0316. The van der Waals surface area contributed by atoms with Gasteiger partial charge in [0.2, 0.25) is 0 Å². The van der Waals surface area contributed by atoms with E-state index in [1.165, 1.54) is 6.07 Å². The number of nitrogens with zero attached hydrogens (tertiary/aromatic N) is 4. The number of hydrogen-bond acceptors (Lipinski definition) is 7. The van der Waals surface area contributed by atoms with E-state index in [1.54, 1.807) is 25.1 Å². The summed E-state index contributed by atoms with van der Waals surface area (Å²) >= 11 is 0. The number of benzene rings is 1. The van der Waals surface area contributed by atoms with Crippen LogP contribution < -0.4 is 10.2 Å². The number of alkyl halides is 3. The molecule has 2 aliphatic rings. The summed E-state index contributed by atoms with van der Waals surface area (Å²) in [5.41, 5.74) is 0.587. The van der Waals surface area contributed by atoms with Crippen LogP contribution in [0.1, 0.15) is 42.8 Å². The maximum absolute atomic E-state index is 14.2. The lowest BCUT2D eigenvalue weighted by Gasteiger charge is -2.37. The van der Waals surface area contributed by atoms with Crippen LogP contribution in [-0.2, 0) is 10.9 Å². The number of aryl methyl sites for hydroxylation is 1. The van der Waals surface area contributed by atoms with Gasteiger partial charge in [-0.2, -0.15) is 18.3 Å². The molecule has 3 atom stereocenters. The van der Waals surface area contributed by atoms with Gasteiger partial charge in [-0.3, -0.25) is 0 Å². The average molecular weight is 501 g/mol. The summed E-state index contributed by atoms with van der Waals surface area (Å²) in [7, 11) is 0. The highest BCUT2D eigenvalue weighted by Gasteiger charge is 2.44. The van der Waals surface area contributed by atoms with Gasteiger partial charge in [-0.05, 0) is 38.8 Å². The zero-order valence-corrected chi connectivity index (χ0v) is 19.6. The molecule has 2 bridgehead atoms. The quantitative estimate of drug-likeness (QED) is 0.356. The van der Waals surface area contributed by atoms with Crippen LogP contribution in [0.2, 0.25) is 0 Å². The lowest BCUT2D eigenvalue weighted by Crippen LogP contribution is -2.46. The van der Waals surface area contributed by atoms with Gasteiger partial charge < -0.3 is 19.4 Å². The van der Waals surface area contributed by atoms with E-state index in [0.29, 0.717) is 40.8 Å². The van der Waals surface area contributed by atoms with Crippen LogP contribution in [0.5, 0.6) is 0 Å². The number of furan rings is 1. The van der Waals surface area contributed by atoms with Crippen molar-refractivity contribution in [2.75, 3.05) is 23.4 Å². The van der Waals surface area contributed by atoms with Crippen molar-refractivity contribution in [3.8, 4) is 0 Å². The molecule has 6 rings (SSSR count). The predicted molar refractivity (Wildman–Crippen MR) is 125 cm³/mol. The Balaban J connectivity index is 1.48. The number of ether oxygens (including phenoxy) is 1. The van der Waals surface area contributed by atoms with Gasteiger partial charge in [-0.1, -0.05) is 12.1 Å². The molecule has 3 aromatic heterocycles. The molecular weight excluding hydrogens is 478 g/mol. The summed E-state index contributed by atoms with van der Waals surface area (Å²) in [5, 5.41) is 12.3. The van der Waals surface area contributed by atoms with Gasteiger partial charge in [0.15, 0.2) is 17.3 Å². The number of pyridine rings is 1. The molecule has 5 heterocycles. The second-order valence-corrected chi connectivity index (χ2v) is 9.39. The smallest absolute Gasteiger partial charge is 0.435 e. The first-order valence-electron chi connectivity index (χ1n) is 11.8. The summed E-state index contributed by atoms with van der Waals surface area (Å²) in [6.45, 7) is 4.18. The molecule has 2 aliphatic heterocycles. The fraction of sp³-hybridized carbons (Fsp3) is 0.400. The summed E-state index contributed by atoms with van der Waals surface area (Å²) in [6.07, 6.45) is -2.07. The van der Waals surface area contributed by atoms with Crippen LogP contribution in [0.15, 0.2) is 34.9 Å². The Hall–Kier alpha value is -3.47. The number of hydrogen-bond donors (Lipinski definition) is 1. The number of anilines is 2. The van der Waals surface area contributed by atoms with Crippen LogP contribution in [0.4, 0.5) is 29.1 Å². The Morgan fingerprint density at radius 2 is 1.86 bits per heavy atom. The standard InChI is InChI=1S/C25H23F4N5O2/c1-12(16-4-3-5-17-19(26)11-36-22(16)17)30-24-18-8-20(34-14-6-7-15(34)10-35-9-14)23(25(27,28)29)31-21(18)13(2)32-33-24/h3-5,8,11-12,14-15H,6-7,9-10H2,1-2H3,(H,30,33)/t12-,14?,15?/m1/s1. The molecule has 188 valence electrons. The maximum atomic E-state index is 14.2. The highest BCUT2D eigenvalue weighted by Crippen LogP contribution is 2.43. The molecule has 4 aromatic rings. The minimum Gasteiger partial charge on any atom is -0.461 e. The third-order valence-electron chi connectivity index (χ3n) is 7.09. The van der Waals surface area contributed by atoms with Crippen molar-refractivity contribution in [1.29, 1.82) is 0 Å². The fourth-order valence-corrected chi connectivity index (χ4v) is 5.39. The second kappa shape index (κ2) is 8.29. The molecule has 1 N–H and O–H groups in total. The van der Waals surface area contributed by atoms with Crippen molar-refractivity contribution in [1.82, 2.24) is 15.2 Å². The van der Waals surface area contributed by atoms with Gasteiger partial charge in [0, 0.05) is 10.9 Å². The zero-order chi connectivity index (χ0) is 25.2. The van der Waals surface area contributed by atoms with Crippen LogP contribution in [0.3, 0.4) is 0 Å². The summed E-state index contributed by atoms with van der Waals surface area (Å²) in [5.74, 6) is -0.177. The SMILES string of the molecule is Cc1nnc(N[C@H](C)c2cccc3c(F)coc23)c2cc(N3C4CCC3COC4)c(C(F)(F)F)nc12. The molecule has 0 radical (unpaired) electrons. The molecule has 36 heavy (non-hydrogen) atoms. The van der Waals surface area contributed by atoms with Gasteiger partial charge in [-0.25, -0.2) is 9.37 Å². The minimum atomic E-state index is -4.64. The average Bonchev–Trinajstić information content (AvgIpc) is 3.35. The first kappa shape index (κ1) is 23.0. The Morgan fingerprint density at radius 1 is 1.11 bits per heavy atom. The number of para-hydroxylation sites is 1. The van der Waals surface area contributed by atoms with E-state index in [2.05, 4.69) is 20.5 Å². The van der Waals surface area contributed by atoms with E-state index in [-0.39, 0.29) is 29.1 Å². The number of aromatic nitrogens is 3. The van der Waals surface area contributed by atoms with Crippen LogP contribution in [0.25, 0.3) is 21.9 Å². The third kappa shape index (κ3) is 3.64. The van der Waals surface area contributed by atoms with Crippen LogP contribution >= 0.6 is 0 Å². The molecule has 2 fully saturated rings. The topological polar surface area (TPSA) is 76.3 Å². The van der Waals surface area contributed by atoms with Crippen LogP contribution in [0, 0.1) is 12.7 Å². The molecule has 11 heteroatoms. The van der Waals surface area contributed by atoms with Gasteiger partial charge in [0.05, 0.1) is 53.6 Å². The summed E-state index contributed by atoms with van der Waals surface area (Å²) in [6, 6.07) is 5.97. The number of halogens is 4. The first-order valence-corrected chi connectivity index (χ1v) is 11.8. The second-order valence-electron chi connectivity index (χ2n) is 9.39. The number of nitrogens with one attached hydrogen (secondary N) is 1. The van der Waals surface area contributed by atoms with E-state index in [9.17, 15) is 17.6 Å². The van der Waals surface area contributed by atoms with Crippen molar-refractivity contribution < 1.29 is 26.7 Å². The lowest BCUT2D eigenvalue weighted by molar-refractivity contribution is -0.140. The maximum Gasteiger partial charge on any atom is 0.435 e.